The van der Waals surface area contributed by atoms with Crippen LogP contribution >= 0.6 is 0 Å². The van der Waals surface area contributed by atoms with Crippen LogP contribution in [0.25, 0.3) is 0 Å². The molecular weight excluding hydrogens is 168 g/mol. The summed E-state index contributed by atoms with van der Waals surface area (Å²) in [6.07, 6.45) is 0.512. The molecule has 0 saturated carbocycles. The van der Waals surface area contributed by atoms with Gasteiger partial charge in [-0.2, -0.15) is 0 Å². The van der Waals surface area contributed by atoms with E-state index in [2.05, 4.69) is 0 Å². The zero-order valence-electron chi connectivity index (χ0n) is 7.03. The van der Waals surface area contributed by atoms with Crippen LogP contribution in [0.3, 0.4) is 0 Å². The Hall–Kier alpha value is -1.51. The second-order valence-electron chi connectivity index (χ2n) is 3.14. The third kappa shape index (κ3) is 1.49. The second kappa shape index (κ2) is 3.09. The molecule has 68 valence electrons. The molecule has 0 aromatic heterocycles. The summed E-state index contributed by atoms with van der Waals surface area (Å²) in [5, 5.41) is 10.6. The van der Waals surface area contributed by atoms with Gasteiger partial charge in [-0.05, 0) is 18.1 Å². The molecule has 1 unspecified atom stereocenters. The van der Waals surface area contributed by atoms with Crippen molar-refractivity contribution < 1.29 is 14.6 Å². The van der Waals surface area contributed by atoms with E-state index in [9.17, 15) is 9.90 Å². The molecule has 1 aliphatic heterocycles. The van der Waals surface area contributed by atoms with Gasteiger partial charge in [0.2, 0.25) is 0 Å². The van der Waals surface area contributed by atoms with Crippen LogP contribution < -0.4 is 9.84 Å². The van der Waals surface area contributed by atoms with Gasteiger partial charge in [0.1, 0.15) is 5.75 Å². The quantitative estimate of drug-likeness (QED) is 0.606. The van der Waals surface area contributed by atoms with Crippen molar-refractivity contribution in [1.29, 1.82) is 0 Å². The zero-order valence-corrected chi connectivity index (χ0v) is 7.03. The molecule has 0 bridgehead atoms. The van der Waals surface area contributed by atoms with Crippen LogP contribution in [0.1, 0.15) is 5.56 Å². The molecule has 1 aliphatic rings. The largest absolute Gasteiger partial charge is 0.550 e. The molecule has 0 N–H and O–H groups in total. The van der Waals surface area contributed by atoms with Crippen molar-refractivity contribution in [1.82, 2.24) is 0 Å². The molecule has 0 aliphatic carbocycles. The Morgan fingerprint density at radius 1 is 1.46 bits per heavy atom. The van der Waals surface area contributed by atoms with E-state index in [1.165, 1.54) is 0 Å². The molecule has 0 fully saturated rings. The number of carbonyl (C=O) groups is 1. The standard InChI is InChI=1S/C10H10O3/c11-10(12)8-5-7-3-1-2-4-9(7)13-6-8/h1-4,8H,5-6H2,(H,11,12)/p-1. The van der Waals surface area contributed by atoms with Gasteiger partial charge in [0.05, 0.1) is 6.61 Å². The predicted octanol–water partition coefficient (Wildman–Crippen LogP) is -0.0124. The van der Waals surface area contributed by atoms with Crippen LogP contribution in [-0.2, 0) is 11.2 Å². The maximum Gasteiger partial charge on any atom is 0.122 e. The highest BCUT2D eigenvalue weighted by molar-refractivity contribution is 5.69. The van der Waals surface area contributed by atoms with E-state index in [-0.39, 0.29) is 6.61 Å². The molecule has 1 aromatic carbocycles. The minimum absolute atomic E-state index is 0.222. The number of hydrogen-bond acceptors (Lipinski definition) is 3. The lowest BCUT2D eigenvalue weighted by Gasteiger charge is -2.25. The average molecular weight is 177 g/mol. The predicted molar refractivity (Wildman–Crippen MR) is 44.1 cm³/mol. The van der Waals surface area contributed by atoms with Crippen molar-refractivity contribution in [3.63, 3.8) is 0 Å². The Morgan fingerprint density at radius 2 is 2.23 bits per heavy atom. The Balaban J connectivity index is 2.24. The number of carbonyl (C=O) groups excluding carboxylic acids is 1. The number of carboxylic acid groups (broad SMARTS) is 1. The molecular formula is C10H9O3-. The first-order chi connectivity index (χ1) is 6.27. The highest BCUT2D eigenvalue weighted by Gasteiger charge is 2.19. The fraction of sp³-hybridized carbons (Fsp3) is 0.300. The Bertz CT molecular complexity index is 333. The molecule has 2 rings (SSSR count). The van der Waals surface area contributed by atoms with Crippen LogP contribution in [0.2, 0.25) is 0 Å². The Morgan fingerprint density at radius 3 is 3.00 bits per heavy atom. The average Bonchev–Trinajstić information content (AvgIpc) is 2.17. The van der Waals surface area contributed by atoms with Crippen molar-refractivity contribution in [2.75, 3.05) is 6.61 Å². The van der Waals surface area contributed by atoms with Gasteiger partial charge in [-0.3, -0.25) is 0 Å². The zero-order chi connectivity index (χ0) is 9.26. The fourth-order valence-electron chi connectivity index (χ4n) is 1.48. The van der Waals surface area contributed by atoms with E-state index in [1.54, 1.807) is 0 Å². The van der Waals surface area contributed by atoms with Gasteiger partial charge in [-0.15, -0.1) is 0 Å². The maximum atomic E-state index is 10.6. The lowest BCUT2D eigenvalue weighted by molar-refractivity contribution is -0.312. The summed E-state index contributed by atoms with van der Waals surface area (Å²) < 4.78 is 5.28. The first-order valence-corrected chi connectivity index (χ1v) is 4.19. The number of hydrogen-bond donors (Lipinski definition) is 0. The van der Waals surface area contributed by atoms with Gasteiger partial charge in [-0.25, -0.2) is 0 Å². The van der Waals surface area contributed by atoms with E-state index in [0.29, 0.717) is 6.42 Å². The van der Waals surface area contributed by atoms with Crippen molar-refractivity contribution in [2.24, 2.45) is 5.92 Å². The third-order valence-corrected chi connectivity index (χ3v) is 2.21. The smallest absolute Gasteiger partial charge is 0.122 e. The monoisotopic (exact) mass is 177 g/mol. The molecule has 0 amide bonds. The van der Waals surface area contributed by atoms with E-state index >= 15 is 0 Å². The summed E-state index contributed by atoms with van der Waals surface area (Å²) in [5.74, 6) is -0.746. The van der Waals surface area contributed by atoms with E-state index in [0.717, 1.165) is 11.3 Å². The van der Waals surface area contributed by atoms with Crippen molar-refractivity contribution in [2.45, 2.75) is 6.42 Å². The number of fused-ring (bicyclic) bond motifs is 1. The number of ether oxygens (including phenoxy) is 1. The number of aliphatic carboxylic acids is 1. The molecule has 0 spiro atoms. The molecule has 1 heterocycles. The maximum absolute atomic E-state index is 10.6. The summed E-state index contributed by atoms with van der Waals surface area (Å²) in [6.45, 7) is 0.222. The highest BCUT2D eigenvalue weighted by atomic mass is 16.5. The summed E-state index contributed by atoms with van der Waals surface area (Å²) in [6, 6.07) is 7.48. The number of para-hydroxylation sites is 1. The van der Waals surface area contributed by atoms with Gasteiger partial charge in [0.15, 0.2) is 0 Å². The summed E-state index contributed by atoms with van der Waals surface area (Å²) >= 11 is 0. The first-order valence-electron chi connectivity index (χ1n) is 4.19. The fourth-order valence-corrected chi connectivity index (χ4v) is 1.48. The summed E-state index contributed by atoms with van der Waals surface area (Å²) in [7, 11) is 0. The van der Waals surface area contributed by atoms with E-state index < -0.39 is 11.9 Å². The molecule has 1 atom stereocenters. The topological polar surface area (TPSA) is 49.4 Å². The van der Waals surface area contributed by atoms with Gasteiger partial charge >= 0.3 is 0 Å². The molecule has 13 heavy (non-hydrogen) atoms. The minimum Gasteiger partial charge on any atom is -0.550 e. The molecule has 0 radical (unpaired) electrons. The van der Waals surface area contributed by atoms with Crippen LogP contribution in [0, 0.1) is 5.92 Å². The number of carboxylic acids is 1. The second-order valence-corrected chi connectivity index (χ2v) is 3.14. The highest BCUT2D eigenvalue weighted by Crippen LogP contribution is 2.26. The molecule has 3 heteroatoms. The van der Waals surface area contributed by atoms with Gasteiger partial charge in [0.25, 0.3) is 0 Å². The van der Waals surface area contributed by atoms with Crippen molar-refractivity contribution >= 4 is 5.97 Å². The molecule has 1 aromatic rings. The Labute approximate surface area is 76.0 Å². The summed E-state index contributed by atoms with van der Waals surface area (Å²) in [4.78, 5) is 10.6. The van der Waals surface area contributed by atoms with Crippen molar-refractivity contribution in [3.8, 4) is 5.75 Å². The summed E-state index contributed by atoms with van der Waals surface area (Å²) in [5.41, 5.74) is 0.947. The van der Waals surface area contributed by atoms with Crippen LogP contribution in [0.15, 0.2) is 24.3 Å². The van der Waals surface area contributed by atoms with Crippen LogP contribution in [0.5, 0.6) is 5.75 Å². The number of rotatable bonds is 1. The lowest BCUT2D eigenvalue weighted by atomic mass is 9.97. The molecule has 3 nitrogen and oxygen atoms in total. The van der Waals surface area contributed by atoms with Gasteiger partial charge in [0, 0.05) is 11.9 Å². The Kier molecular flexibility index (Phi) is 1.93. The lowest BCUT2D eigenvalue weighted by Crippen LogP contribution is -2.38. The normalized spacial score (nSPS) is 20.2. The van der Waals surface area contributed by atoms with Crippen LogP contribution in [-0.4, -0.2) is 12.6 Å². The number of benzene rings is 1. The minimum atomic E-state index is -1.03. The van der Waals surface area contributed by atoms with Gasteiger partial charge in [-0.1, -0.05) is 18.2 Å². The van der Waals surface area contributed by atoms with Gasteiger partial charge < -0.3 is 14.6 Å². The van der Waals surface area contributed by atoms with E-state index in [1.807, 2.05) is 24.3 Å². The SMILES string of the molecule is O=C([O-])C1COc2ccccc2C1. The first kappa shape index (κ1) is 8.10. The van der Waals surface area contributed by atoms with Crippen LogP contribution in [0.4, 0.5) is 0 Å². The van der Waals surface area contributed by atoms with E-state index in [4.69, 9.17) is 4.74 Å². The van der Waals surface area contributed by atoms with Crippen molar-refractivity contribution in [3.05, 3.63) is 29.8 Å². The molecule has 0 saturated heterocycles. The third-order valence-electron chi connectivity index (χ3n) is 2.21.